The molecular formula is C44H62N6O2. The van der Waals surface area contributed by atoms with Gasteiger partial charge in [-0.3, -0.25) is 14.7 Å². The van der Waals surface area contributed by atoms with Crippen molar-refractivity contribution in [3.05, 3.63) is 132 Å². The van der Waals surface area contributed by atoms with Gasteiger partial charge in [-0.1, -0.05) is 80.3 Å². The summed E-state index contributed by atoms with van der Waals surface area (Å²) in [5, 5.41) is 6.56. The molecule has 8 heteroatoms. The molecule has 52 heavy (non-hydrogen) atoms. The standard InChI is InChI=1S/C29H35N5O2.C9H17N.C6H10/c1-22-26(24-5-4-12-30-20-24)6-2-3-7-27(22)29(35)32-25-10-13-34(14-11-25)28-9-8-23(19-31-28)21-33-15-17-36-18-16-33;1-4-6-9(3)8-10-7-5-2;1-4-5-6(2)3/h3-9,12,19-20,25H,2,10-11,13-18,21H2,1H3,(H,32,35);4,6,10H,3,5,7-8H2,1-2H3;4-5H,2H2,1,3H3/b;6-4-;5-4-. The number of pyridine rings is 2. The van der Waals surface area contributed by atoms with Crippen LogP contribution in [0.3, 0.4) is 0 Å². The first-order chi connectivity index (χ1) is 25.2. The predicted octanol–water partition coefficient (Wildman–Crippen LogP) is 8.01. The minimum Gasteiger partial charge on any atom is -0.379 e. The van der Waals surface area contributed by atoms with E-state index in [4.69, 9.17) is 9.72 Å². The average molecular weight is 707 g/mol. The molecule has 2 aromatic heterocycles. The van der Waals surface area contributed by atoms with Gasteiger partial charge in [-0.15, -0.1) is 0 Å². The van der Waals surface area contributed by atoms with Gasteiger partial charge in [0.2, 0.25) is 0 Å². The molecule has 0 aromatic carbocycles. The smallest absolute Gasteiger partial charge is 0.251 e. The van der Waals surface area contributed by atoms with E-state index in [-0.39, 0.29) is 11.9 Å². The Morgan fingerprint density at radius 2 is 1.79 bits per heavy atom. The fourth-order valence-electron chi connectivity index (χ4n) is 6.13. The highest BCUT2D eigenvalue weighted by atomic mass is 16.5. The van der Waals surface area contributed by atoms with Crippen molar-refractivity contribution in [1.29, 1.82) is 0 Å². The summed E-state index contributed by atoms with van der Waals surface area (Å²) in [7, 11) is 0. The molecule has 280 valence electrons. The number of anilines is 1. The van der Waals surface area contributed by atoms with Gasteiger partial charge in [-0.2, -0.15) is 0 Å². The van der Waals surface area contributed by atoms with Crippen molar-refractivity contribution in [2.24, 2.45) is 0 Å². The predicted molar refractivity (Wildman–Crippen MR) is 219 cm³/mol. The maximum absolute atomic E-state index is 13.3. The number of carbonyl (C=O) groups excluding carboxylic acids is 1. The number of morpholine rings is 1. The van der Waals surface area contributed by atoms with Crippen LogP contribution in [0.25, 0.3) is 5.57 Å². The molecule has 1 aliphatic carbocycles. The van der Waals surface area contributed by atoms with E-state index in [0.717, 1.165) is 118 Å². The zero-order valence-electron chi connectivity index (χ0n) is 32.4. The van der Waals surface area contributed by atoms with E-state index >= 15 is 0 Å². The molecule has 0 atom stereocenters. The minimum atomic E-state index is 0.00415. The van der Waals surface area contributed by atoms with Gasteiger partial charge in [-0.05, 0) is 99.9 Å². The molecule has 2 N–H and O–H groups in total. The Labute approximate surface area is 313 Å². The second-order valence-electron chi connectivity index (χ2n) is 13.4. The summed E-state index contributed by atoms with van der Waals surface area (Å²) in [4.78, 5) is 27.0. The number of ether oxygens (including phenoxy) is 1. The zero-order valence-corrected chi connectivity index (χ0v) is 32.4. The number of hydrogen-bond acceptors (Lipinski definition) is 7. The number of nitrogens with zero attached hydrogens (tertiary/aromatic N) is 4. The van der Waals surface area contributed by atoms with E-state index in [9.17, 15) is 4.79 Å². The van der Waals surface area contributed by atoms with E-state index in [2.05, 4.69) is 69.8 Å². The lowest BCUT2D eigenvalue weighted by Crippen LogP contribution is -2.45. The average Bonchev–Trinajstić information content (AvgIpc) is 3.35. The second kappa shape index (κ2) is 24.0. The molecule has 2 saturated heterocycles. The van der Waals surface area contributed by atoms with Crippen molar-refractivity contribution in [3.63, 3.8) is 0 Å². The van der Waals surface area contributed by atoms with Crippen LogP contribution >= 0.6 is 0 Å². The van der Waals surface area contributed by atoms with E-state index in [1.807, 2.05) is 82.6 Å². The molecule has 8 nitrogen and oxygen atoms in total. The molecular weight excluding hydrogens is 645 g/mol. The lowest BCUT2D eigenvalue weighted by Gasteiger charge is -2.33. The van der Waals surface area contributed by atoms with E-state index in [1.165, 1.54) is 12.0 Å². The summed E-state index contributed by atoms with van der Waals surface area (Å²) in [5.41, 5.74) is 7.35. The highest BCUT2D eigenvalue weighted by molar-refractivity contribution is 6.01. The lowest BCUT2D eigenvalue weighted by molar-refractivity contribution is -0.118. The SMILES string of the molecule is C=C(/C=C\C)CNCCC.C=C(C)/C=C\C.CC1=C(C(=O)NC2CCN(c3ccc(CN4CCOCC4)cn3)CC2)C=CCC=C1c1cccnc1. The molecule has 5 rings (SSSR count). The van der Waals surface area contributed by atoms with Crippen molar-refractivity contribution in [2.45, 2.75) is 72.9 Å². The maximum Gasteiger partial charge on any atom is 0.251 e. The molecule has 0 bridgehead atoms. The fraction of sp³-hybridized carbons (Fsp3) is 0.432. The number of allylic oxidation sites excluding steroid dienone is 8. The number of aromatic nitrogens is 2. The van der Waals surface area contributed by atoms with Crippen molar-refractivity contribution in [1.82, 2.24) is 25.5 Å². The number of amides is 1. The van der Waals surface area contributed by atoms with Gasteiger partial charge in [0.1, 0.15) is 5.82 Å². The zero-order chi connectivity index (χ0) is 37.6. The van der Waals surface area contributed by atoms with Crippen LogP contribution in [0.4, 0.5) is 5.82 Å². The first kappa shape index (κ1) is 42.0. The van der Waals surface area contributed by atoms with E-state index in [1.54, 1.807) is 6.20 Å². The Morgan fingerprint density at radius 3 is 2.38 bits per heavy atom. The van der Waals surface area contributed by atoms with Crippen LogP contribution in [0, 0.1) is 0 Å². The highest BCUT2D eigenvalue weighted by Crippen LogP contribution is 2.29. The largest absolute Gasteiger partial charge is 0.379 e. The molecule has 1 amide bonds. The Hall–Kier alpha value is -4.37. The van der Waals surface area contributed by atoms with Crippen molar-refractivity contribution in [2.75, 3.05) is 57.4 Å². The molecule has 2 aromatic rings. The van der Waals surface area contributed by atoms with Crippen LogP contribution < -0.4 is 15.5 Å². The Kier molecular flexibility index (Phi) is 19.4. The number of carbonyl (C=O) groups is 1. The van der Waals surface area contributed by atoms with Crippen LogP contribution in [0.5, 0.6) is 0 Å². The maximum atomic E-state index is 13.3. The van der Waals surface area contributed by atoms with Gasteiger partial charge in [0.05, 0.1) is 13.2 Å². The summed E-state index contributed by atoms with van der Waals surface area (Å²) in [6.45, 7) is 25.9. The summed E-state index contributed by atoms with van der Waals surface area (Å²) >= 11 is 0. The number of nitrogens with one attached hydrogen (secondary N) is 2. The van der Waals surface area contributed by atoms with Gasteiger partial charge in [-0.25, -0.2) is 4.98 Å². The van der Waals surface area contributed by atoms with Crippen LogP contribution in [-0.4, -0.2) is 79.3 Å². The van der Waals surface area contributed by atoms with Crippen LogP contribution in [0.15, 0.2) is 121 Å². The van der Waals surface area contributed by atoms with Gasteiger partial charge in [0, 0.05) is 69.5 Å². The van der Waals surface area contributed by atoms with Crippen molar-refractivity contribution >= 4 is 17.3 Å². The monoisotopic (exact) mass is 706 g/mol. The van der Waals surface area contributed by atoms with E-state index < -0.39 is 0 Å². The molecule has 0 spiro atoms. The second-order valence-corrected chi connectivity index (χ2v) is 13.4. The molecule has 3 aliphatic rings. The molecule has 0 unspecified atom stereocenters. The summed E-state index contributed by atoms with van der Waals surface area (Å²) in [5.74, 6) is 1.02. The molecule has 2 fully saturated rings. The fourth-order valence-corrected chi connectivity index (χ4v) is 6.13. The number of hydrogen-bond donors (Lipinski definition) is 2. The van der Waals surface area contributed by atoms with Crippen molar-refractivity contribution < 1.29 is 9.53 Å². The highest BCUT2D eigenvalue weighted by Gasteiger charge is 2.24. The summed E-state index contributed by atoms with van der Waals surface area (Å²) < 4.78 is 5.44. The van der Waals surface area contributed by atoms with Gasteiger partial charge in [0.15, 0.2) is 0 Å². The lowest BCUT2D eigenvalue weighted by atomic mass is 9.95. The minimum absolute atomic E-state index is 0.00415. The first-order valence-electron chi connectivity index (χ1n) is 18.8. The molecule has 0 radical (unpaired) electrons. The quantitative estimate of drug-likeness (QED) is 0.171. The third-order valence-electron chi connectivity index (χ3n) is 8.87. The first-order valence-corrected chi connectivity index (χ1v) is 18.8. The van der Waals surface area contributed by atoms with Gasteiger partial charge >= 0.3 is 0 Å². The third kappa shape index (κ3) is 15.1. The Bertz CT molecular complexity index is 1540. The van der Waals surface area contributed by atoms with Crippen LogP contribution in [-0.2, 0) is 16.1 Å². The van der Waals surface area contributed by atoms with Crippen LogP contribution in [0.2, 0.25) is 0 Å². The van der Waals surface area contributed by atoms with Crippen molar-refractivity contribution in [3.8, 4) is 0 Å². The normalized spacial score (nSPS) is 16.8. The topological polar surface area (TPSA) is 82.6 Å². The molecule has 4 heterocycles. The number of piperidine rings is 1. The van der Waals surface area contributed by atoms with E-state index in [0.29, 0.717) is 0 Å². The summed E-state index contributed by atoms with van der Waals surface area (Å²) in [6, 6.07) is 8.46. The molecule has 0 saturated carbocycles. The van der Waals surface area contributed by atoms with Gasteiger partial charge in [0.25, 0.3) is 5.91 Å². The molecule has 2 aliphatic heterocycles. The number of rotatable bonds is 12. The Morgan fingerprint density at radius 1 is 1.04 bits per heavy atom. The van der Waals surface area contributed by atoms with Gasteiger partial charge < -0.3 is 20.3 Å². The Balaban J connectivity index is 0.000000381. The third-order valence-corrected chi connectivity index (χ3v) is 8.87. The summed E-state index contributed by atoms with van der Waals surface area (Å²) in [6.07, 6.45) is 23.6. The van der Waals surface area contributed by atoms with Crippen LogP contribution in [0.1, 0.15) is 71.4 Å².